The number of piperidine rings is 1. The van der Waals surface area contributed by atoms with Gasteiger partial charge in [0.2, 0.25) is 0 Å². The molecule has 1 saturated heterocycles. The standard InChI is InChI=1S/C15H28N2O2/c1-3-10-17(11-6-8-15(18)19-4-2)13-14-7-5-9-16-12-14/h6,8,14,16H,3-5,7,9-13H2,1-2H3/b8-6+. The molecule has 0 amide bonds. The molecule has 0 aliphatic carbocycles. The molecule has 0 aromatic rings. The first kappa shape index (κ1) is 16.2. The van der Waals surface area contributed by atoms with E-state index in [1.54, 1.807) is 6.08 Å². The molecule has 1 unspecified atom stereocenters. The van der Waals surface area contributed by atoms with E-state index in [-0.39, 0.29) is 5.97 Å². The van der Waals surface area contributed by atoms with Gasteiger partial charge in [-0.05, 0) is 51.7 Å². The zero-order valence-electron chi connectivity index (χ0n) is 12.4. The molecule has 0 saturated carbocycles. The molecule has 19 heavy (non-hydrogen) atoms. The van der Waals surface area contributed by atoms with Gasteiger partial charge in [0.1, 0.15) is 0 Å². The molecule has 4 heteroatoms. The molecule has 1 aliphatic rings. The van der Waals surface area contributed by atoms with E-state index in [4.69, 9.17) is 4.74 Å². The minimum atomic E-state index is -0.238. The Morgan fingerprint density at radius 1 is 1.47 bits per heavy atom. The molecule has 0 aromatic carbocycles. The van der Waals surface area contributed by atoms with Crippen molar-refractivity contribution in [1.82, 2.24) is 10.2 Å². The van der Waals surface area contributed by atoms with E-state index in [9.17, 15) is 4.79 Å². The van der Waals surface area contributed by atoms with Gasteiger partial charge in [0.25, 0.3) is 0 Å². The summed E-state index contributed by atoms with van der Waals surface area (Å²) < 4.78 is 4.88. The third kappa shape index (κ3) is 7.33. The summed E-state index contributed by atoms with van der Waals surface area (Å²) in [6.45, 7) is 9.79. The summed E-state index contributed by atoms with van der Waals surface area (Å²) in [6, 6.07) is 0. The number of carbonyl (C=O) groups excluding carboxylic acids is 1. The van der Waals surface area contributed by atoms with E-state index in [0.29, 0.717) is 6.61 Å². The summed E-state index contributed by atoms with van der Waals surface area (Å²) in [4.78, 5) is 13.7. The predicted octanol–water partition coefficient (Wildman–Crippen LogP) is 1.82. The Morgan fingerprint density at radius 3 is 2.95 bits per heavy atom. The van der Waals surface area contributed by atoms with Crippen molar-refractivity contribution in [1.29, 1.82) is 0 Å². The summed E-state index contributed by atoms with van der Waals surface area (Å²) in [6.07, 6.45) is 7.21. The number of ether oxygens (including phenoxy) is 1. The van der Waals surface area contributed by atoms with Gasteiger partial charge >= 0.3 is 5.97 Å². The highest BCUT2D eigenvalue weighted by Gasteiger charge is 2.15. The molecule has 0 aromatic heterocycles. The molecule has 0 radical (unpaired) electrons. The maximum Gasteiger partial charge on any atom is 0.330 e. The predicted molar refractivity (Wildman–Crippen MR) is 78.1 cm³/mol. The molecule has 4 nitrogen and oxygen atoms in total. The first-order valence-electron chi connectivity index (χ1n) is 7.52. The minimum Gasteiger partial charge on any atom is -0.463 e. The van der Waals surface area contributed by atoms with Crippen molar-refractivity contribution in [3.63, 3.8) is 0 Å². The highest BCUT2D eigenvalue weighted by Crippen LogP contribution is 2.12. The van der Waals surface area contributed by atoms with Crippen LogP contribution in [0.5, 0.6) is 0 Å². The van der Waals surface area contributed by atoms with Crippen LogP contribution in [0.1, 0.15) is 33.1 Å². The van der Waals surface area contributed by atoms with Crippen LogP contribution < -0.4 is 5.32 Å². The van der Waals surface area contributed by atoms with Gasteiger partial charge in [-0.1, -0.05) is 13.0 Å². The Kier molecular flexibility index (Phi) is 8.50. The average molecular weight is 268 g/mol. The van der Waals surface area contributed by atoms with Crippen molar-refractivity contribution in [2.45, 2.75) is 33.1 Å². The van der Waals surface area contributed by atoms with Gasteiger partial charge in [-0.3, -0.25) is 4.90 Å². The fourth-order valence-corrected chi connectivity index (χ4v) is 2.51. The van der Waals surface area contributed by atoms with Gasteiger partial charge in [0.15, 0.2) is 0 Å². The number of hydrogen-bond acceptors (Lipinski definition) is 4. The largest absolute Gasteiger partial charge is 0.463 e. The Labute approximate surface area is 117 Å². The van der Waals surface area contributed by atoms with Crippen molar-refractivity contribution in [3.8, 4) is 0 Å². The molecule has 1 atom stereocenters. The summed E-state index contributed by atoms with van der Waals surface area (Å²) in [5.41, 5.74) is 0. The van der Waals surface area contributed by atoms with Crippen LogP contribution in [0, 0.1) is 5.92 Å². The number of esters is 1. The highest BCUT2D eigenvalue weighted by molar-refractivity contribution is 5.81. The number of nitrogens with one attached hydrogen (secondary N) is 1. The molecule has 110 valence electrons. The summed E-state index contributed by atoms with van der Waals surface area (Å²) in [5, 5.41) is 3.45. The molecule has 0 spiro atoms. The van der Waals surface area contributed by atoms with Crippen molar-refractivity contribution in [2.24, 2.45) is 5.92 Å². The third-order valence-electron chi connectivity index (χ3n) is 3.36. The quantitative estimate of drug-likeness (QED) is 0.538. The molecule has 1 heterocycles. The fourth-order valence-electron chi connectivity index (χ4n) is 2.51. The highest BCUT2D eigenvalue weighted by atomic mass is 16.5. The van der Waals surface area contributed by atoms with Crippen LogP contribution in [0.15, 0.2) is 12.2 Å². The summed E-state index contributed by atoms with van der Waals surface area (Å²) in [5.74, 6) is 0.509. The SMILES string of the molecule is CCCN(C/C=C/C(=O)OCC)CC1CCCNC1. The molecule has 1 aliphatic heterocycles. The first-order chi connectivity index (χ1) is 9.26. The van der Waals surface area contributed by atoms with Gasteiger partial charge in [-0.15, -0.1) is 0 Å². The molecular formula is C15H28N2O2. The second kappa shape index (κ2) is 9.98. The second-order valence-electron chi connectivity index (χ2n) is 5.13. The normalized spacial score (nSPS) is 20.1. The van der Waals surface area contributed by atoms with Gasteiger partial charge in [-0.2, -0.15) is 0 Å². The fraction of sp³-hybridized carbons (Fsp3) is 0.800. The number of carbonyl (C=O) groups is 1. The Hall–Kier alpha value is -0.870. The van der Waals surface area contributed by atoms with Crippen LogP contribution in [-0.2, 0) is 9.53 Å². The van der Waals surface area contributed by atoms with Gasteiger partial charge in [0, 0.05) is 19.2 Å². The van der Waals surface area contributed by atoms with Crippen LogP contribution in [0.3, 0.4) is 0 Å². The monoisotopic (exact) mass is 268 g/mol. The van der Waals surface area contributed by atoms with Gasteiger partial charge < -0.3 is 10.1 Å². The summed E-state index contributed by atoms with van der Waals surface area (Å²) >= 11 is 0. The Morgan fingerprint density at radius 2 is 2.32 bits per heavy atom. The number of nitrogens with zero attached hydrogens (tertiary/aromatic N) is 1. The van der Waals surface area contributed by atoms with Crippen LogP contribution in [0.4, 0.5) is 0 Å². The van der Waals surface area contributed by atoms with Crippen molar-refractivity contribution < 1.29 is 9.53 Å². The van der Waals surface area contributed by atoms with E-state index >= 15 is 0 Å². The van der Waals surface area contributed by atoms with Gasteiger partial charge in [0.05, 0.1) is 6.61 Å². The summed E-state index contributed by atoms with van der Waals surface area (Å²) in [7, 11) is 0. The minimum absolute atomic E-state index is 0.238. The zero-order chi connectivity index (χ0) is 13.9. The van der Waals surface area contributed by atoms with Crippen molar-refractivity contribution in [2.75, 3.05) is 39.3 Å². The van der Waals surface area contributed by atoms with E-state index < -0.39 is 0 Å². The maximum atomic E-state index is 11.2. The van der Waals surface area contributed by atoms with Crippen LogP contribution in [-0.4, -0.2) is 50.2 Å². The molecule has 1 N–H and O–H groups in total. The molecular weight excluding hydrogens is 240 g/mol. The molecule has 1 rings (SSSR count). The lowest BCUT2D eigenvalue weighted by Crippen LogP contribution is -2.38. The van der Waals surface area contributed by atoms with Crippen LogP contribution in [0.25, 0.3) is 0 Å². The third-order valence-corrected chi connectivity index (χ3v) is 3.36. The smallest absolute Gasteiger partial charge is 0.330 e. The molecule has 1 fully saturated rings. The Balaban J connectivity index is 2.32. The van der Waals surface area contributed by atoms with Gasteiger partial charge in [-0.25, -0.2) is 4.79 Å². The maximum absolute atomic E-state index is 11.2. The first-order valence-corrected chi connectivity index (χ1v) is 7.52. The van der Waals surface area contributed by atoms with Crippen molar-refractivity contribution in [3.05, 3.63) is 12.2 Å². The second-order valence-corrected chi connectivity index (χ2v) is 5.13. The Bertz CT molecular complexity index is 273. The topological polar surface area (TPSA) is 41.6 Å². The average Bonchev–Trinajstić information content (AvgIpc) is 2.40. The number of hydrogen-bond donors (Lipinski definition) is 1. The lowest BCUT2D eigenvalue weighted by molar-refractivity contribution is -0.137. The lowest BCUT2D eigenvalue weighted by Gasteiger charge is -2.29. The van der Waals surface area contributed by atoms with Crippen LogP contribution in [0.2, 0.25) is 0 Å². The van der Waals surface area contributed by atoms with E-state index in [1.807, 2.05) is 13.0 Å². The van der Waals surface area contributed by atoms with E-state index in [1.165, 1.54) is 12.8 Å². The lowest BCUT2D eigenvalue weighted by atomic mass is 9.99. The molecule has 0 bridgehead atoms. The van der Waals surface area contributed by atoms with Crippen LogP contribution >= 0.6 is 0 Å². The van der Waals surface area contributed by atoms with E-state index in [2.05, 4.69) is 17.1 Å². The zero-order valence-corrected chi connectivity index (χ0v) is 12.4. The van der Waals surface area contributed by atoms with E-state index in [0.717, 1.165) is 45.1 Å². The van der Waals surface area contributed by atoms with Crippen molar-refractivity contribution >= 4 is 5.97 Å². The number of rotatable bonds is 8.